The molecule has 0 saturated carbocycles. The van der Waals surface area contributed by atoms with Crippen LogP contribution in [0.25, 0.3) is 0 Å². The molecule has 1 N–H and O–H groups in total. The zero-order chi connectivity index (χ0) is 24.7. The van der Waals surface area contributed by atoms with Crippen molar-refractivity contribution in [3.63, 3.8) is 0 Å². The van der Waals surface area contributed by atoms with E-state index in [9.17, 15) is 9.59 Å². The molecule has 2 aliphatic rings. The maximum absolute atomic E-state index is 13.7. The third-order valence-electron chi connectivity index (χ3n) is 6.80. The standard InChI is InChI=1S/C27H26N2O6/c1-14-23-24(15-5-7-16(8-6-15)27(31)34-4)25-19(28-26(23)35-29-14)11-18(12-20(25)30)17-9-10-21(32-2)22(13-17)33-3/h5-10,13,18,24,28H,11-12H2,1-4H3/t18-,24+/m0/s1. The molecule has 1 aliphatic heterocycles. The zero-order valence-corrected chi connectivity index (χ0v) is 20.0. The first-order valence-corrected chi connectivity index (χ1v) is 11.3. The molecule has 3 aromatic rings. The fourth-order valence-electron chi connectivity index (χ4n) is 5.08. The van der Waals surface area contributed by atoms with Gasteiger partial charge in [-0.3, -0.25) is 4.79 Å². The fourth-order valence-corrected chi connectivity index (χ4v) is 5.08. The zero-order valence-electron chi connectivity index (χ0n) is 20.0. The van der Waals surface area contributed by atoms with Crippen molar-refractivity contribution in [2.45, 2.75) is 31.6 Å². The monoisotopic (exact) mass is 474 g/mol. The van der Waals surface area contributed by atoms with Gasteiger partial charge in [0.1, 0.15) is 0 Å². The van der Waals surface area contributed by atoms with E-state index in [1.165, 1.54) is 7.11 Å². The predicted octanol–water partition coefficient (Wildman–Crippen LogP) is 4.75. The van der Waals surface area contributed by atoms with Crippen LogP contribution < -0.4 is 14.8 Å². The molecule has 8 nitrogen and oxygen atoms in total. The number of aryl methyl sites for hydroxylation is 1. The maximum Gasteiger partial charge on any atom is 0.337 e. The van der Waals surface area contributed by atoms with Crippen molar-refractivity contribution >= 4 is 17.6 Å². The molecular weight excluding hydrogens is 448 g/mol. The Hall–Kier alpha value is -4.07. The molecule has 0 amide bonds. The van der Waals surface area contributed by atoms with Gasteiger partial charge >= 0.3 is 5.97 Å². The lowest BCUT2D eigenvalue weighted by atomic mass is 9.72. The maximum atomic E-state index is 13.7. The molecule has 2 atom stereocenters. The van der Waals surface area contributed by atoms with Crippen LogP contribution in [0.15, 0.2) is 58.3 Å². The average molecular weight is 475 g/mol. The van der Waals surface area contributed by atoms with Crippen molar-refractivity contribution in [2.75, 3.05) is 26.6 Å². The van der Waals surface area contributed by atoms with E-state index in [0.29, 0.717) is 41.4 Å². The van der Waals surface area contributed by atoms with Crippen LogP contribution in [-0.4, -0.2) is 38.2 Å². The van der Waals surface area contributed by atoms with E-state index < -0.39 is 5.97 Å². The molecule has 0 saturated heterocycles. The number of rotatable bonds is 5. The number of aromatic nitrogens is 1. The second-order valence-corrected chi connectivity index (χ2v) is 8.72. The molecule has 8 heteroatoms. The molecular formula is C27H26N2O6. The number of carbonyl (C=O) groups excluding carboxylic acids is 2. The molecule has 1 aliphatic carbocycles. The fraction of sp³-hybridized carbons (Fsp3) is 0.296. The Bertz CT molecular complexity index is 1340. The summed E-state index contributed by atoms with van der Waals surface area (Å²) >= 11 is 0. The van der Waals surface area contributed by atoms with Crippen LogP contribution in [0.2, 0.25) is 0 Å². The highest BCUT2D eigenvalue weighted by molar-refractivity contribution is 6.01. The molecule has 0 fully saturated rings. The summed E-state index contributed by atoms with van der Waals surface area (Å²) in [5.74, 6) is 1.11. The summed E-state index contributed by atoms with van der Waals surface area (Å²) in [6, 6.07) is 12.9. The second kappa shape index (κ2) is 8.94. The van der Waals surface area contributed by atoms with Crippen LogP contribution in [-0.2, 0) is 9.53 Å². The second-order valence-electron chi connectivity index (χ2n) is 8.72. The van der Waals surface area contributed by atoms with Crippen LogP contribution in [0, 0.1) is 6.92 Å². The Morgan fingerprint density at radius 2 is 1.71 bits per heavy atom. The average Bonchev–Trinajstić information content (AvgIpc) is 3.26. The Morgan fingerprint density at radius 1 is 1.00 bits per heavy atom. The molecule has 0 unspecified atom stereocenters. The number of nitrogens with zero attached hydrogens (tertiary/aromatic N) is 1. The number of carbonyl (C=O) groups is 2. The van der Waals surface area contributed by atoms with Gasteiger partial charge in [0.2, 0.25) is 5.88 Å². The van der Waals surface area contributed by atoms with E-state index in [-0.39, 0.29) is 17.6 Å². The Kier molecular flexibility index (Phi) is 5.80. The number of hydrogen-bond donors (Lipinski definition) is 1. The van der Waals surface area contributed by atoms with Gasteiger partial charge < -0.3 is 24.1 Å². The Balaban J connectivity index is 1.55. The smallest absolute Gasteiger partial charge is 0.337 e. The molecule has 0 radical (unpaired) electrons. The van der Waals surface area contributed by atoms with Crippen LogP contribution >= 0.6 is 0 Å². The van der Waals surface area contributed by atoms with E-state index in [1.807, 2.05) is 37.3 Å². The number of benzene rings is 2. The number of esters is 1. The topological polar surface area (TPSA) is 99.9 Å². The lowest BCUT2D eigenvalue weighted by Crippen LogP contribution is -2.29. The summed E-state index contributed by atoms with van der Waals surface area (Å²) < 4.78 is 21.2. The first kappa shape index (κ1) is 22.7. The number of Topliss-reactive ketones (excluding diaryl/α,β-unsaturated/α-hetero) is 1. The Morgan fingerprint density at radius 3 is 2.40 bits per heavy atom. The highest BCUT2D eigenvalue weighted by Gasteiger charge is 2.41. The summed E-state index contributed by atoms with van der Waals surface area (Å²) in [5.41, 5.74) is 5.44. The van der Waals surface area contributed by atoms with Gasteiger partial charge in [0.15, 0.2) is 17.3 Å². The van der Waals surface area contributed by atoms with E-state index in [4.69, 9.17) is 18.7 Å². The first-order valence-electron chi connectivity index (χ1n) is 11.3. The molecule has 180 valence electrons. The predicted molar refractivity (Wildman–Crippen MR) is 128 cm³/mol. The number of allylic oxidation sites excluding steroid dienone is 2. The minimum atomic E-state index is -0.407. The normalized spacial score (nSPS) is 18.9. The molecule has 35 heavy (non-hydrogen) atoms. The molecule has 2 aromatic carbocycles. The lowest BCUT2D eigenvalue weighted by molar-refractivity contribution is -0.116. The van der Waals surface area contributed by atoms with Crippen molar-refractivity contribution in [2.24, 2.45) is 0 Å². The van der Waals surface area contributed by atoms with Gasteiger partial charge in [-0.2, -0.15) is 0 Å². The van der Waals surface area contributed by atoms with Crippen molar-refractivity contribution in [3.05, 3.63) is 81.7 Å². The van der Waals surface area contributed by atoms with Crippen LogP contribution in [0.3, 0.4) is 0 Å². The van der Waals surface area contributed by atoms with Gasteiger partial charge in [-0.05, 0) is 54.7 Å². The number of fused-ring (bicyclic) bond motifs is 1. The van der Waals surface area contributed by atoms with Gasteiger partial charge in [-0.25, -0.2) is 4.79 Å². The number of ketones is 1. The van der Waals surface area contributed by atoms with Crippen LogP contribution in [0.1, 0.15) is 57.4 Å². The van der Waals surface area contributed by atoms with Crippen molar-refractivity contribution in [1.29, 1.82) is 0 Å². The summed E-state index contributed by atoms with van der Waals surface area (Å²) in [5, 5.41) is 7.49. The lowest BCUT2D eigenvalue weighted by Gasteiger charge is -2.34. The largest absolute Gasteiger partial charge is 0.493 e. The minimum absolute atomic E-state index is 0.0264. The Labute approximate surface area is 202 Å². The van der Waals surface area contributed by atoms with Gasteiger partial charge in [-0.1, -0.05) is 23.4 Å². The van der Waals surface area contributed by atoms with E-state index >= 15 is 0 Å². The third-order valence-corrected chi connectivity index (χ3v) is 6.80. The van der Waals surface area contributed by atoms with Gasteiger partial charge in [0, 0.05) is 23.6 Å². The van der Waals surface area contributed by atoms with Crippen LogP contribution in [0.4, 0.5) is 5.88 Å². The van der Waals surface area contributed by atoms with Crippen molar-refractivity contribution < 1.29 is 28.3 Å². The minimum Gasteiger partial charge on any atom is -0.493 e. The molecule has 5 rings (SSSR count). The summed E-state index contributed by atoms with van der Waals surface area (Å²) in [4.78, 5) is 25.6. The molecule has 1 aromatic heterocycles. The highest BCUT2D eigenvalue weighted by atomic mass is 16.5. The van der Waals surface area contributed by atoms with E-state index in [1.54, 1.807) is 26.4 Å². The number of ether oxygens (including phenoxy) is 3. The van der Waals surface area contributed by atoms with Crippen molar-refractivity contribution in [3.8, 4) is 11.5 Å². The van der Waals surface area contributed by atoms with Crippen LogP contribution in [0.5, 0.6) is 11.5 Å². The SMILES string of the molecule is COC(=O)c1ccc([C@H]2C3=C(C[C@H](c4ccc(OC)c(OC)c4)CC3=O)Nc3onc(C)c32)cc1. The van der Waals surface area contributed by atoms with Gasteiger partial charge in [0.25, 0.3) is 0 Å². The quantitative estimate of drug-likeness (QED) is 0.529. The van der Waals surface area contributed by atoms with Gasteiger partial charge in [-0.15, -0.1) is 0 Å². The molecule has 0 bridgehead atoms. The number of nitrogens with one attached hydrogen (secondary N) is 1. The number of anilines is 1. The van der Waals surface area contributed by atoms with E-state index in [0.717, 1.165) is 28.1 Å². The van der Waals surface area contributed by atoms with E-state index in [2.05, 4.69) is 10.5 Å². The summed E-state index contributed by atoms with van der Waals surface area (Å²) in [7, 11) is 4.54. The van der Waals surface area contributed by atoms with Crippen molar-refractivity contribution in [1.82, 2.24) is 5.16 Å². The summed E-state index contributed by atoms with van der Waals surface area (Å²) in [6.45, 7) is 1.87. The number of methoxy groups -OCH3 is 3. The molecule has 0 spiro atoms. The number of hydrogen-bond acceptors (Lipinski definition) is 8. The summed E-state index contributed by atoms with van der Waals surface area (Å²) in [6.07, 6.45) is 0.999. The van der Waals surface area contributed by atoms with Gasteiger partial charge in [0.05, 0.1) is 38.2 Å². The highest BCUT2D eigenvalue weighted by Crippen LogP contribution is 2.49. The molecule has 2 heterocycles. The third kappa shape index (κ3) is 3.84. The first-order chi connectivity index (χ1) is 16.9.